The number of hydrogen-bond donors (Lipinski definition) is 1. The summed E-state index contributed by atoms with van der Waals surface area (Å²) in [5.41, 5.74) is 1.65. The molecule has 1 aromatic carbocycles. The molecule has 3 atom stereocenters. The quantitative estimate of drug-likeness (QED) is 0.793. The van der Waals surface area contributed by atoms with Gasteiger partial charge in [-0.3, -0.25) is 9.59 Å². The molecule has 0 radical (unpaired) electrons. The van der Waals surface area contributed by atoms with E-state index in [4.69, 9.17) is 4.74 Å². The molecule has 2 saturated carbocycles. The molecule has 1 heterocycles. The molecule has 6 nitrogen and oxygen atoms in total. The Morgan fingerprint density at radius 1 is 1.22 bits per heavy atom. The highest BCUT2D eigenvalue weighted by atomic mass is 16.5. The minimum Gasteiger partial charge on any atom is -0.456 e. The second kappa shape index (κ2) is 7.55. The van der Waals surface area contributed by atoms with Crippen molar-refractivity contribution < 1.29 is 14.3 Å². The van der Waals surface area contributed by atoms with Crippen molar-refractivity contribution in [2.45, 2.75) is 39.0 Å². The van der Waals surface area contributed by atoms with Crippen LogP contribution < -0.4 is 5.32 Å². The first-order valence-electron chi connectivity index (χ1n) is 9.66. The first-order chi connectivity index (χ1) is 13.1. The minimum absolute atomic E-state index is 0.265. The fourth-order valence-corrected chi connectivity index (χ4v) is 4.58. The maximum Gasteiger partial charge on any atom is 0.306 e. The molecule has 2 aliphatic carbocycles. The summed E-state index contributed by atoms with van der Waals surface area (Å²) in [6.45, 7) is 1.60. The third-order valence-corrected chi connectivity index (χ3v) is 5.78. The van der Waals surface area contributed by atoms with Gasteiger partial charge in [0, 0.05) is 12.5 Å². The third kappa shape index (κ3) is 4.04. The number of nitrogens with one attached hydrogen (secondary N) is 1. The van der Waals surface area contributed by atoms with Gasteiger partial charge >= 0.3 is 5.97 Å². The van der Waals surface area contributed by atoms with Gasteiger partial charge in [0.15, 0.2) is 6.61 Å². The van der Waals surface area contributed by atoms with Gasteiger partial charge < -0.3 is 10.1 Å². The molecule has 1 N–H and O–H groups in total. The van der Waals surface area contributed by atoms with E-state index in [0.717, 1.165) is 23.7 Å². The monoisotopic (exact) mass is 367 g/mol. The number of anilines is 1. The van der Waals surface area contributed by atoms with Gasteiger partial charge in [-0.2, -0.15) is 5.10 Å². The van der Waals surface area contributed by atoms with Gasteiger partial charge in [0.05, 0.1) is 11.4 Å². The number of nitrogens with zero attached hydrogens (tertiary/aromatic N) is 2. The van der Waals surface area contributed by atoms with Gasteiger partial charge in [0.25, 0.3) is 5.91 Å². The zero-order valence-electron chi connectivity index (χ0n) is 15.6. The molecule has 0 spiro atoms. The van der Waals surface area contributed by atoms with E-state index >= 15 is 0 Å². The zero-order chi connectivity index (χ0) is 18.8. The van der Waals surface area contributed by atoms with Crippen molar-refractivity contribution in [3.8, 4) is 5.69 Å². The number of rotatable bonds is 6. The molecule has 142 valence electrons. The van der Waals surface area contributed by atoms with Crippen LogP contribution in [-0.4, -0.2) is 28.3 Å². The second-order valence-corrected chi connectivity index (χ2v) is 7.77. The Morgan fingerprint density at radius 2 is 2.04 bits per heavy atom. The highest BCUT2D eigenvalue weighted by Crippen LogP contribution is 2.49. The fraction of sp³-hybridized carbons (Fsp3) is 0.476. The minimum atomic E-state index is -0.353. The van der Waals surface area contributed by atoms with E-state index < -0.39 is 0 Å². The van der Waals surface area contributed by atoms with E-state index in [1.165, 1.54) is 19.3 Å². The van der Waals surface area contributed by atoms with E-state index in [1.54, 1.807) is 10.7 Å². The van der Waals surface area contributed by atoms with E-state index in [2.05, 4.69) is 10.4 Å². The molecule has 1 amide bonds. The Bertz CT molecular complexity index is 830. The smallest absolute Gasteiger partial charge is 0.306 e. The van der Waals surface area contributed by atoms with Crippen molar-refractivity contribution in [3.63, 3.8) is 0 Å². The summed E-state index contributed by atoms with van der Waals surface area (Å²) in [6.07, 6.45) is 5.40. The molecule has 0 saturated heterocycles. The molecule has 2 aromatic rings. The number of aromatic nitrogens is 2. The van der Waals surface area contributed by atoms with Crippen LogP contribution in [0.25, 0.3) is 5.69 Å². The zero-order valence-corrected chi connectivity index (χ0v) is 15.6. The number of aryl methyl sites for hydroxylation is 1. The first-order valence-corrected chi connectivity index (χ1v) is 9.66. The average molecular weight is 367 g/mol. The van der Waals surface area contributed by atoms with E-state index in [9.17, 15) is 9.59 Å². The molecule has 27 heavy (non-hydrogen) atoms. The van der Waals surface area contributed by atoms with Crippen LogP contribution in [0.3, 0.4) is 0 Å². The molecule has 0 unspecified atom stereocenters. The van der Waals surface area contributed by atoms with Gasteiger partial charge in [0.1, 0.15) is 5.82 Å². The third-order valence-electron chi connectivity index (χ3n) is 5.78. The Balaban J connectivity index is 1.30. The van der Waals surface area contributed by atoms with Crippen molar-refractivity contribution in [1.29, 1.82) is 0 Å². The standard InChI is InChI=1S/C21H25N3O3/c1-14-9-19(24(23-14)18-5-3-2-4-6-18)22-20(25)13-27-21(26)12-17-11-15-7-8-16(17)10-15/h2-6,9,15-17H,7-8,10-13H2,1H3,(H,22,25)/t15-,16+,17+/m1/s1. The lowest BCUT2D eigenvalue weighted by Crippen LogP contribution is -2.24. The number of amides is 1. The Kier molecular flexibility index (Phi) is 4.97. The number of carbonyl (C=O) groups is 2. The van der Waals surface area contributed by atoms with Crippen molar-refractivity contribution in [2.24, 2.45) is 17.8 Å². The van der Waals surface area contributed by atoms with Crippen LogP contribution in [0, 0.1) is 24.7 Å². The molecule has 1 aromatic heterocycles. The Hall–Kier alpha value is -2.63. The second-order valence-electron chi connectivity index (χ2n) is 7.77. The lowest BCUT2D eigenvalue weighted by Gasteiger charge is -2.20. The molecular formula is C21H25N3O3. The van der Waals surface area contributed by atoms with Crippen LogP contribution in [0.15, 0.2) is 36.4 Å². The average Bonchev–Trinajstić information content (AvgIpc) is 3.36. The number of para-hydroxylation sites is 1. The molecule has 2 bridgehead atoms. The summed E-state index contributed by atoms with van der Waals surface area (Å²) in [5, 5.41) is 7.20. The maximum absolute atomic E-state index is 12.2. The van der Waals surface area contributed by atoms with Crippen LogP contribution in [0.5, 0.6) is 0 Å². The predicted molar refractivity (Wildman–Crippen MR) is 101 cm³/mol. The number of benzene rings is 1. The molecule has 2 fully saturated rings. The first kappa shape index (κ1) is 17.8. The number of ether oxygens (including phenoxy) is 1. The molecule has 2 aliphatic rings. The van der Waals surface area contributed by atoms with E-state index in [0.29, 0.717) is 24.1 Å². The number of hydrogen-bond acceptors (Lipinski definition) is 4. The number of carbonyl (C=O) groups excluding carboxylic acids is 2. The molecule has 4 rings (SSSR count). The van der Waals surface area contributed by atoms with Crippen LogP contribution in [0.2, 0.25) is 0 Å². The Morgan fingerprint density at radius 3 is 2.74 bits per heavy atom. The van der Waals surface area contributed by atoms with Crippen molar-refractivity contribution in [3.05, 3.63) is 42.1 Å². The van der Waals surface area contributed by atoms with Gasteiger partial charge in [-0.1, -0.05) is 24.6 Å². The molecule has 0 aliphatic heterocycles. The van der Waals surface area contributed by atoms with Crippen molar-refractivity contribution in [2.75, 3.05) is 11.9 Å². The van der Waals surface area contributed by atoms with E-state index in [1.807, 2.05) is 37.3 Å². The predicted octanol–water partition coefficient (Wildman–Crippen LogP) is 3.49. The SMILES string of the molecule is Cc1cc(NC(=O)COC(=O)C[C@@H]2C[C@@H]3CC[C@H]2C3)n(-c2ccccc2)n1. The van der Waals surface area contributed by atoms with Gasteiger partial charge in [-0.05, 0) is 56.1 Å². The van der Waals surface area contributed by atoms with Crippen LogP contribution in [0.1, 0.15) is 37.8 Å². The topological polar surface area (TPSA) is 73.2 Å². The number of fused-ring (bicyclic) bond motifs is 2. The van der Waals surface area contributed by atoms with E-state index in [-0.39, 0.29) is 18.5 Å². The summed E-state index contributed by atoms with van der Waals surface area (Å²) in [7, 11) is 0. The maximum atomic E-state index is 12.2. The lowest BCUT2D eigenvalue weighted by molar-refractivity contribution is -0.148. The summed E-state index contributed by atoms with van der Waals surface area (Å²) in [4.78, 5) is 24.4. The van der Waals surface area contributed by atoms with Gasteiger partial charge in [-0.15, -0.1) is 0 Å². The summed E-state index contributed by atoms with van der Waals surface area (Å²) in [5.74, 6) is 1.87. The normalized spacial score (nSPS) is 23.4. The number of esters is 1. The molecule has 6 heteroatoms. The van der Waals surface area contributed by atoms with Crippen molar-refractivity contribution >= 4 is 17.7 Å². The fourth-order valence-electron chi connectivity index (χ4n) is 4.58. The van der Waals surface area contributed by atoms with Crippen molar-refractivity contribution in [1.82, 2.24) is 9.78 Å². The van der Waals surface area contributed by atoms with Gasteiger partial charge in [0.2, 0.25) is 0 Å². The summed E-state index contributed by atoms with van der Waals surface area (Å²) in [6, 6.07) is 11.4. The summed E-state index contributed by atoms with van der Waals surface area (Å²) < 4.78 is 6.89. The van der Waals surface area contributed by atoms with Crippen LogP contribution in [0.4, 0.5) is 5.82 Å². The lowest BCUT2D eigenvalue weighted by atomic mass is 9.86. The van der Waals surface area contributed by atoms with Gasteiger partial charge in [-0.25, -0.2) is 4.68 Å². The molecular weight excluding hydrogens is 342 g/mol. The highest BCUT2D eigenvalue weighted by Gasteiger charge is 2.40. The van der Waals surface area contributed by atoms with Crippen LogP contribution >= 0.6 is 0 Å². The van der Waals surface area contributed by atoms with Crippen LogP contribution in [-0.2, 0) is 14.3 Å². The largest absolute Gasteiger partial charge is 0.456 e. The summed E-state index contributed by atoms with van der Waals surface area (Å²) >= 11 is 0. The highest BCUT2D eigenvalue weighted by molar-refractivity contribution is 5.92. The Labute approximate surface area is 158 Å².